The maximum atomic E-state index is 12.3. The van der Waals surface area contributed by atoms with Crippen molar-refractivity contribution in [1.82, 2.24) is 5.01 Å². The first-order valence-electron chi connectivity index (χ1n) is 6.76. The molecule has 1 amide bonds. The van der Waals surface area contributed by atoms with Gasteiger partial charge in [0.2, 0.25) is 0 Å². The third-order valence-electron chi connectivity index (χ3n) is 3.11. The second-order valence-electron chi connectivity index (χ2n) is 4.73. The number of amides is 1. The molecule has 25 heavy (non-hydrogen) atoms. The normalized spacial score (nSPS) is 16.3. The van der Waals surface area contributed by atoms with Crippen LogP contribution in [0, 0.1) is 10.1 Å². The molecule has 8 nitrogen and oxygen atoms in total. The number of thioether (sulfide) groups is 1. The van der Waals surface area contributed by atoms with Gasteiger partial charge in [0.1, 0.15) is 5.76 Å². The predicted molar refractivity (Wildman–Crippen MR) is 93.9 cm³/mol. The second kappa shape index (κ2) is 6.87. The van der Waals surface area contributed by atoms with Crippen LogP contribution in [0.4, 0.5) is 5.69 Å². The van der Waals surface area contributed by atoms with Gasteiger partial charge in [-0.15, -0.1) is 0 Å². The fourth-order valence-electron chi connectivity index (χ4n) is 1.93. The maximum absolute atomic E-state index is 12.3. The van der Waals surface area contributed by atoms with Crippen LogP contribution in [-0.2, 0) is 4.79 Å². The van der Waals surface area contributed by atoms with Gasteiger partial charge in [-0.05, 0) is 29.9 Å². The van der Waals surface area contributed by atoms with Crippen molar-refractivity contribution in [2.45, 2.75) is 0 Å². The van der Waals surface area contributed by atoms with Crippen LogP contribution in [0.5, 0.6) is 5.75 Å². The lowest BCUT2D eigenvalue weighted by Crippen LogP contribution is -2.22. The molecule has 0 spiro atoms. The number of carbonyl (C=O) groups is 1. The molecule has 2 aromatic rings. The third kappa shape index (κ3) is 3.59. The lowest BCUT2D eigenvalue weighted by atomic mass is 10.2. The maximum Gasteiger partial charge on any atom is 0.286 e. The van der Waals surface area contributed by atoms with Crippen molar-refractivity contribution in [2.75, 3.05) is 0 Å². The van der Waals surface area contributed by atoms with E-state index < -0.39 is 16.6 Å². The number of thiocarbonyl (C=S) groups is 1. The van der Waals surface area contributed by atoms with Gasteiger partial charge in [-0.3, -0.25) is 14.9 Å². The molecule has 10 heteroatoms. The molecule has 1 saturated heterocycles. The highest BCUT2D eigenvalue weighted by atomic mass is 32.2. The van der Waals surface area contributed by atoms with Gasteiger partial charge in [-0.1, -0.05) is 23.6 Å². The van der Waals surface area contributed by atoms with Crippen molar-refractivity contribution >= 4 is 52.2 Å². The SMILES string of the molecule is O=C1/C(=C\c2ccco2)SC(=S)N1/N=C\c1cc([N+](=O)[O-])ccc1[O-]. The summed E-state index contributed by atoms with van der Waals surface area (Å²) in [6.07, 6.45) is 4.08. The Balaban J connectivity index is 1.84. The van der Waals surface area contributed by atoms with E-state index in [1.54, 1.807) is 12.1 Å². The fourth-order valence-corrected chi connectivity index (χ4v) is 3.08. The first kappa shape index (κ1) is 16.9. The molecular weight excluding hydrogens is 366 g/mol. The van der Waals surface area contributed by atoms with E-state index in [0.717, 1.165) is 41.2 Å². The van der Waals surface area contributed by atoms with Crippen molar-refractivity contribution in [3.8, 4) is 5.75 Å². The molecule has 126 valence electrons. The van der Waals surface area contributed by atoms with Crippen molar-refractivity contribution in [1.29, 1.82) is 0 Å². The number of furan rings is 1. The summed E-state index contributed by atoms with van der Waals surface area (Å²) in [7, 11) is 0. The summed E-state index contributed by atoms with van der Waals surface area (Å²) < 4.78 is 5.33. The Kier molecular flexibility index (Phi) is 4.63. The quantitative estimate of drug-likeness (QED) is 0.266. The summed E-state index contributed by atoms with van der Waals surface area (Å²) in [5, 5.41) is 27.4. The van der Waals surface area contributed by atoms with Gasteiger partial charge in [0, 0.05) is 18.2 Å². The molecule has 3 rings (SSSR count). The minimum Gasteiger partial charge on any atom is -0.872 e. The topological polar surface area (TPSA) is 112 Å². The lowest BCUT2D eigenvalue weighted by Gasteiger charge is -2.10. The molecule has 0 aliphatic carbocycles. The minimum absolute atomic E-state index is 0.0155. The van der Waals surface area contributed by atoms with Crippen LogP contribution in [0.2, 0.25) is 0 Å². The zero-order valence-electron chi connectivity index (χ0n) is 12.3. The number of hydrogen-bond acceptors (Lipinski definition) is 8. The molecule has 0 atom stereocenters. The van der Waals surface area contributed by atoms with Crippen LogP contribution >= 0.6 is 24.0 Å². The zero-order valence-corrected chi connectivity index (χ0v) is 14.0. The smallest absolute Gasteiger partial charge is 0.286 e. The molecule has 2 heterocycles. The highest BCUT2D eigenvalue weighted by Crippen LogP contribution is 2.33. The van der Waals surface area contributed by atoms with Crippen molar-refractivity contribution in [3.63, 3.8) is 0 Å². The average Bonchev–Trinajstić information content (AvgIpc) is 3.16. The van der Waals surface area contributed by atoms with E-state index in [-0.39, 0.29) is 15.6 Å². The molecule has 0 unspecified atom stereocenters. The van der Waals surface area contributed by atoms with Crippen LogP contribution < -0.4 is 5.11 Å². The molecule has 0 radical (unpaired) electrons. The van der Waals surface area contributed by atoms with Crippen LogP contribution in [0.15, 0.2) is 51.0 Å². The Bertz CT molecular complexity index is 921. The van der Waals surface area contributed by atoms with Crippen LogP contribution in [0.25, 0.3) is 6.08 Å². The van der Waals surface area contributed by atoms with E-state index in [1.807, 2.05) is 0 Å². The van der Waals surface area contributed by atoms with E-state index in [4.69, 9.17) is 16.6 Å². The number of carbonyl (C=O) groups excluding carboxylic acids is 1. The summed E-state index contributed by atoms with van der Waals surface area (Å²) in [4.78, 5) is 22.8. The van der Waals surface area contributed by atoms with Crippen LogP contribution in [0.3, 0.4) is 0 Å². The van der Waals surface area contributed by atoms with Crippen LogP contribution in [-0.4, -0.2) is 26.4 Å². The largest absolute Gasteiger partial charge is 0.872 e. The standard InChI is InChI=1S/C15H9N3O5S2/c19-12-4-3-10(18(21)22)6-9(12)8-16-17-14(20)13(25-15(17)24)7-11-2-1-5-23-11/h1-8,19H/p-1/b13-7+,16-8-. The zero-order chi connectivity index (χ0) is 18.0. The molecule has 0 bridgehead atoms. The Hall–Kier alpha value is -2.98. The Morgan fingerprint density at radius 1 is 1.36 bits per heavy atom. The van der Waals surface area contributed by atoms with Gasteiger partial charge in [-0.25, -0.2) is 0 Å². The van der Waals surface area contributed by atoms with E-state index in [9.17, 15) is 20.0 Å². The summed E-state index contributed by atoms with van der Waals surface area (Å²) in [5.41, 5.74) is -0.262. The Morgan fingerprint density at radius 3 is 2.84 bits per heavy atom. The number of rotatable bonds is 4. The summed E-state index contributed by atoms with van der Waals surface area (Å²) in [6, 6.07) is 6.62. The van der Waals surface area contributed by atoms with Gasteiger partial charge in [-0.2, -0.15) is 10.1 Å². The number of hydrazone groups is 1. The molecule has 1 aromatic carbocycles. The number of hydrogen-bond donors (Lipinski definition) is 0. The van der Waals surface area contributed by atoms with E-state index in [2.05, 4.69) is 5.10 Å². The monoisotopic (exact) mass is 374 g/mol. The number of benzene rings is 1. The van der Waals surface area contributed by atoms with Gasteiger partial charge in [0.25, 0.3) is 11.6 Å². The summed E-state index contributed by atoms with van der Waals surface area (Å²) in [6.45, 7) is 0. The summed E-state index contributed by atoms with van der Waals surface area (Å²) >= 11 is 6.14. The average molecular weight is 374 g/mol. The van der Waals surface area contributed by atoms with Crippen molar-refractivity contribution in [2.24, 2.45) is 5.10 Å². The molecular formula is C15H8N3O5S2-. The van der Waals surface area contributed by atoms with Gasteiger partial charge >= 0.3 is 0 Å². The first-order chi connectivity index (χ1) is 12.0. The highest BCUT2D eigenvalue weighted by molar-refractivity contribution is 8.26. The number of nitrogens with zero attached hydrogens (tertiary/aromatic N) is 3. The number of nitro groups is 1. The van der Waals surface area contributed by atoms with Crippen molar-refractivity contribution < 1.29 is 19.2 Å². The third-order valence-corrected chi connectivity index (χ3v) is 4.39. The molecule has 1 aromatic heterocycles. The molecule has 0 saturated carbocycles. The highest BCUT2D eigenvalue weighted by Gasteiger charge is 2.32. The van der Waals surface area contributed by atoms with Gasteiger partial charge in [0.15, 0.2) is 4.32 Å². The number of nitro benzene ring substituents is 1. The first-order valence-corrected chi connectivity index (χ1v) is 7.99. The molecule has 1 fully saturated rings. The Morgan fingerprint density at radius 2 is 2.16 bits per heavy atom. The second-order valence-corrected chi connectivity index (χ2v) is 6.41. The molecule has 1 aliphatic heterocycles. The van der Waals surface area contributed by atoms with Crippen LogP contribution in [0.1, 0.15) is 11.3 Å². The van der Waals surface area contributed by atoms with Crippen molar-refractivity contribution in [3.05, 3.63) is 62.9 Å². The van der Waals surface area contributed by atoms with E-state index in [0.29, 0.717) is 10.7 Å². The Labute approximate surface area is 150 Å². The predicted octanol–water partition coefficient (Wildman–Crippen LogP) is 2.50. The number of non-ortho nitro benzene ring substituents is 1. The fraction of sp³-hybridized carbons (Fsp3) is 0. The summed E-state index contributed by atoms with van der Waals surface area (Å²) in [5.74, 6) is -0.434. The van der Waals surface area contributed by atoms with E-state index >= 15 is 0 Å². The van der Waals surface area contributed by atoms with E-state index in [1.165, 1.54) is 12.3 Å². The van der Waals surface area contributed by atoms with Gasteiger partial charge < -0.3 is 9.52 Å². The minimum atomic E-state index is -0.623. The molecule has 1 aliphatic rings. The lowest BCUT2D eigenvalue weighted by molar-refractivity contribution is -0.385. The molecule has 0 N–H and O–H groups in total. The van der Waals surface area contributed by atoms with Gasteiger partial charge in [0.05, 0.1) is 22.3 Å².